The largest absolute Gasteiger partial charge is 0.497 e. The van der Waals surface area contributed by atoms with Crippen molar-refractivity contribution in [1.82, 2.24) is 9.80 Å². The number of ether oxygens (including phenoxy) is 2. The lowest BCUT2D eigenvalue weighted by Gasteiger charge is -2.51. The maximum absolute atomic E-state index is 5.95. The van der Waals surface area contributed by atoms with Crippen LogP contribution in [0.2, 0.25) is 0 Å². The summed E-state index contributed by atoms with van der Waals surface area (Å²) in [6, 6.07) is 19.3. The number of benzene rings is 2. The summed E-state index contributed by atoms with van der Waals surface area (Å²) in [6.07, 6.45) is 3.46. The number of rotatable bonds is 6. The summed E-state index contributed by atoms with van der Waals surface area (Å²) in [5.41, 5.74) is 2.97. The minimum Gasteiger partial charge on any atom is -0.497 e. The van der Waals surface area contributed by atoms with Gasteiger partial charge in [0.05, 0.1) is 20.3 Å². The number of hydrogen-bond donors (Lipinski definition) is 0. The molecule has 4 heteroatoms. The van der Waals surface area contributed by atoms with E-state index in [1.54, 1.807) is 7.11 Å². The Morgan fingerprint density at radius 2 is 1.75 bits per heavy atom. The summed E-state index contributed by atoms with van der Waals surface area (Å²) in [7, 11) is 1.73. The normalized spacial score (nSPS) is 20.3. The molecule has 0 atom stereocenters. The first-order valence-electron chi connectivity index (χ1n) is 10.5. The Morgan fingerprint density at radius 3 is 2.54 bits per heavy atom. The Labute approximate surface area is 169 Å². The van der Waals surface area contributed by atoms with Crippen molar-refractivity contribution in [2.75, 3.05) is 46.5 Å². The summed E-state index contributed by atoms with van der Waals surface area (Å²) in [5.74, 6) is 0.950. The van der Waals surface area contributed by atoms with Gasteiger partial charge in [0.2, 0.25) is 0 Å². The van der Waals surface area contributed by atoms with Gasteiger partial charge in [-0.1, -0.05) is 42.5 Å². The second-order valence-corrected chi connectivity index (χ2v) is 8.13. The second kappa shape index (κ2) is 9.08. The molecule has 2 aliphatic rings. The molecule has 2 fully saturated rings. The Kier molecular flexibility index (Phi) is 6.30. The van der Waals surface area contributed by atoms with Crippen LogP contribution in [0, 0.1) is 0 Å². The van der Waals surface area contributed by atoms with Crippen LogP contribution < -0.4 is 4.74 Å². The van der Waals surface area contributed by atoms with Crippen LogP contribution in [0.15, 0.2) is 54.6 Å². The van der Waals surface area contributed by atoms with Crippen molar-refractivity contribution in [2.45, 2.75) is 31.3 Å². The lowest BCUT2D eigenvalue weighted by atomic mass is 9.85. The predicted octanol–water partition coefficient (Wildman–Crippen LogP) is 3.60. The third-order valence-corrected chi connectivity index (χ3v) is 6.40. The van der Waals surface area contributed by atoms with E-state index < -0.39 is 0 Å². The van der Waals surface area contributed by atoms with E-state index in [4.69, 9.17) is 9.47 Å². The van der Waals surface area contributed by atoms with Crippen LogP contribution in [-0.4, -0.2) is 61.8 Å². The monoisotopic (exact) mass is 380 g/mol. The molecule has 0 aliphatic carbocycles. The van der Waals surface area contributed by atoms with Crippen molar-refractivity contribution in [3.8, 4) is 5.75 Å². The summed E-state index contributed by atoms with van der Waals surface area (Å²) >= 11 is 0. The lowest BCUT2D eigenvalue weighted by molar-refractivity contribution is -0.0987. The molecule has 0 saturated carbocycles. The lowest BCUT2D eigenvalue weighted by Crippen LogP contribution is -2.61. The van der Waals surface area contributed by atoms with E-state index in [0.717, 1.165) is 58.1 Å². The zero-order valence-corrected chi connectivity index (χ0v) is 17.0. The molecule has 2 saturated heterocycles. The summed E-state index contributed by atoms with van der Waals surface area (Å²) in [5, 5.41) is 0. The number of piperidine rings is 1. The molecule has 2 heterocycles. The molecule has 2 aromatic rings. The van der Waals surface area contributed by atoms with Crippen LogP contribution in [0.4, 0.5) is 0 Å². The summed E-state index contributed by atoms with van der Waals surface area (Å²) in [6.45, 7) is 7.23. The van der Waals surface area contributed by atoms with Crippen molar-refractivity contribution in [1.29, 1.82) is 0 Å². The quantitative estimate of drug-likeness (QED) is 0.764. The van der Waals surface area contributed by atoms with E-state index in [0.29, 0.717) is 0 Å². The van der Waals surface area contributed by atoms with Crippen LogP contribution in [0.25, 0.3) is 0 Å². The van der Waals surface area contributed by atoms with E-state index in [-0.39, 0.29) is 5.54 Å². The molecule has 1 spiro atoms. The third-order valence-electron chi connectivity index (χ3n) is 6.40. The Morgan fingerprint density at radius 1 is 0.964 bits per heavy atom. The van der Waals surface area contributed by atoms with E-state index in [2.05, 4.69) is 58.3 Å². The molecule has 150 valence electrons. The van der Waals surface area contributed by atoms with Crippen LogP contribution in [-0.2, 0) is 17.7 Å². The van der Waals surface area contributed by atoms with Gasteiger partial charge in [-0.05, 0) is 55.6 Å². The molecule has 0 N–H and O–H groups in total. The van der Waals surface area contributed by atoms with E-state index in [1.165, 1.54) is 24.0 Å². The van der Waals surface area contributed by atoms with Gasteiger partial charge in [0.25, 0.3) is 0 Å². The highest BCUT2D eigenvalue weighted by Crippen LogP contribution is 2.33. The Bertz CT molecular complexity index is 741. The van der Waals surface area contributed by atoms with Gasteiger partial charge in [-0.2, -0.15) is 0 Å². The van der Waals surface area contributed by atoms with Gasteiger partial charge < -0.3 is 14.4 Å². The molecule has 4 rings (SSSR count). The number of likely N-dealkylation sites (tertiary alicyclic amines) is 1. The average Bonchev–Trinajstić information content (AvgIpc) is 2.76. The van der Waals surface area contributed by atoms with Crippen LogP contribution in [0.1, 0.15) is 24.0 Å². The molecule has 4 nitrogen and oxygen atoms in total. The van der Waals surface area contributed by atoms with Gasteiger partial charge in [-0.25, -0.2) is 0 Å². The minimum atomic E-state index is 0.209. The number of methoxy groups -OCH3 is 1. The third kappa shape index (κ3) is 4.57. The fraction of sp³-hybridized carbons (Fsp3) is 0.500. The van der Waals surface area contributed by atoms with Crippen LogP contribution >= 0.6 is 0 Å². The standard InChI is InChI=1S/C24H32N2O2/c1-27-23-9-5-8-21(18-23)10-13-25-14-11-24(12-15-25)20-28-17-16-26(24)19-22-6-3-2-4-7-22/h2-9,18H,10-17,19-20H2,1H3. The van der Waals surface area contributed by atoms with Gasteiger partial charge in [0.15, 0.2) is 0 Å². The maximum atomic E-state index is 5.95. The van der Waals surface area contributed by atoms with Crippen LogP contribution in [0.3, 0.4) is 0 Å². The predicted molar refractivity (Wildman–Crippen MR) is 113 cm³/mol. The molecule has 2 aromatic carbocycles. The molecular formula is C24H32N2O2. The van der Waals surface area contributed by atoms with E-state index >= 15 is 0 Å². The van der Waals surface area contributed by atoms with Crippen molar-refractivity contribution in [2.24, 2.45) is 0 Å². The second-order valence-electron chi connectivity index (χ2n) is 8.13. The summed E-state index contributed by atoms with van der Waals surface area (Å²) < 4.78 is 11.3. The SMILES string of the molecule is COc1cccc(CCN2CCC3(CC2)COCCN3Cc2ccccc2)c1. The first kappa shape index (κ1) is 19.4. The highest BCUT2D eigenvalue weighted by Gasteiger charge is 2.41. The number of hydrogen-bond acceptors (Lipinski definition) is 4. The molecule has 28 heavy (non-hydrogen) atoms. The average molecular weight is 381 g/mol. The van der Waals surface area contributed by atoms with Crippen molar-refractivity contribution in [3.63, 3.8) is 0 Å². The van der Waals surface area contributed by atoms with Gasteiger partial charge >= 0.3 is 0 Å². The van der Waals surface area contributed by atoms with Crippen LogP contribution in [0.5, 0.6) is 5.75 Å². The zero-order valence-electron chi connectivity index (χ0n) is 17.0. The number of nitrogens with zero attached hydrogens (tertiary/aromatic N) is 2. The molecule has 0 amide bonds. The smallest absolute Gasteiger partial charge is 0.119 e. The zero-order chi connectivity index (χ0) is 19.2. The minimum absolute atomic E-state index is 0.209. The molecular weight excluding hydrogens is 348 g/mol. The molecule has 0 aromatic heterocycles. The Hall–Kier alpha value is -1.88. The Balaban J connectivity index is 1.33. The number of morpholine rings is 1. The summed E-state index contributed by atoms with van der Waals surface area (Å²) in [4.78, 5) is 5.30. The van der Waals surface area contributed by atoms with Crippen molar-refractivity contribution < 1.29 is 9.47 Å². The highest BCUT2D eigenvalue weighted by molar-refractivity contribution is 5.28. The van der Waals surface area contributed by atoms with Crippen molar-refractivity contribution in [3.05, 3.63) is 65.7 Å². The molecule has 0 unspecified atom stereocenters. The topological polar surface area (TPSA) is 24.9 Å². The van der Waals surface area contributed by atoms with Gasteiger partial charge in [-0.15, -0.1) is 0 Å². The fourth-order valence-corrected chi connectivity index (χ4v) is 4.58. The van der Waals surface area contributed by atoms with Crippen molar-refractivity contribution >= 4 is 0 Å². The highest BCUT2D eigenvalue weighted by atomic mass is 16.5. The van der Waals surface area contributed by atoms with Gasteiger partial charge in [-0.3, -0.25) is 4.90 Å². The maximum Gasteiger partial charge on any atom is 0.119 e. The molecule has 2 aliphatic heterocycles. The molecule has 0 bridgehead atoms. The first-order chi connectivity index (χ1) is 13.8. The molecule has 0 radical (unpaired) electrons. The van der Waals surface area contributed by atoms with Gasteiger partial charge in [0.1, 0.15) is 5.75 Å². The fourth-order valence-electron chi connectivity index (χ4n) is 4.58. The van der Waals surface area contributed by atoms with E-state index in [9.17, 15) is 0 Å². The van der Waals surface area contributed by atoms with E-state index in [1.807, 2.05) is 6.07 Å². The first-order valence-corrected chi connectivity index (χ1v) is 10.5. The van der Waals surface area contributed by atoms with Gasteiger partial charge in [0, 0.05) is 25.2 Å².